The summed E-state index contributed by atoms with van der Waals surface area (Å²) >= 11 is 0. The van der Waals surface area contributed by atoms with Crippen LogP contribution in [0.25, 0.3) is 5.82 Å². The molecule has 2 aromatic heterocycles. The zero-order chi connectivity index (χ0) is 25.2. The van der Waals surface area contributed by atoms with E-state index >= 15 is 0 Å². The summed E-state index contributed by atoms with van der Waals surface area (Å²) in [6.45, 7) is 7.09. The van der Waals surface area contributed by atoms with Crippen LogP contribution in [0.5, 0.6) is 0 Å². The second kappa shape index (κ2) is 10.2. The molecule has 0 unspecified atom stereocenters. The van der Waals surface area contributed by atoms with Crippen molar-refractivity contribution < 1.29 is 22.4 Å². The maximum Gasteiger partial charge on any atom is 0.417 e. The minimum atomic E-state index is -4.48. The Bertz CT molecular complexity index is 1160. The van der Waals surface area contributed by atoms with Gasteiger partial charge >= 0.3 is 6.18 Å². The van der Waals surface area contributed by atoms with Crippen LogP contribution in [0.15, 0.2) is 48.8 Å². The van der Waals surface area contributed by atoms with E-state index in [0.29, 0.717) is 37.4 Å². The van der Waals surface area contributed by atoms with Crippen molar-refractivity contribution in [2.75, 3.05) is 26.2 Å². The van der Waals surface area contributed by atoms with Crippen LogP contribution in [0.4, 0.5) is 17.6 Å². The van der Waals surface area contributed by atoms with E-state index in [9.17, 15) is 22.4 Å². The van der Waals surface area contributed by atoms with Gasteiger partial charge in [-0.2, -0.15) is 18.3 Å². The molecule has 1 aliphatic heterocycles. The third-order valence-corrected chi connectivity index (χ3v) is 6.07. The molecule has 0 spiro atoms. The number of rotatable bonds is 5. The van der Waals surface area contributed by atoms with Crippen LogP contribution in [0.2, 0.25) is 0 Å². The zero-order valence-electron chi connectivity index (χ0n) is 19.6. The quantitative estimate of drug-likeness (QED) is 0.479. The molecular weight excluding hydrogens is 462 g/mol. The first kappa shape index (κ1) is 24.8. The Kier molecular flexibility index (Phi) is 7.20. The Hall–Kier alpha value is -3.27. The summed E-state index contributed by atoms with van der Waals surface area (Å²) in [5, 5.41) is 4.30. The molecule has 6 nitrogen and oxygen atoms in total. The summed E-state index contributed by atoms with van der Waals surface area (Å²) in [5.41, 5.74) is 1.20. The first-order valence-electron chi connectivity index (χ1n) is 11.5. The van der Waals surface area contributed by atoms with Gasteiger partial charge in [0.15, 0.2) is 5.82 Å². The van der Waals surface area contributed by atoms with Gasteiger partial charge in [0.1, 0.15) is 5.82 Å². The van der Waals surface area contributed by atoms with E-state index in [1.54, 1.807) is 17.0 Å². The molecule has 0 N–H and O–H groups in total. The molecule has 1 aromatic carbocycles. The molecule has 4 rings (SSSR count). The number of halogens is 4. The van der Waals surface area contributed by atoms with Crippen molar-refractivity contribution in [2.45, 2.75) is 38.9 Å². The Morgan fingerprint density at radius 1 is 1.00 bits per heavy atom. The predicted molar refractivity (Wildman–Crippen MR) is 123 cm³/mol. The second-order valence-electron chi connectivity index (χ2n) is 8.96. The summed E-state index contributed by atoms with van der Waals surface area (Å²) in [6, 6.07) is 8.64. The SMILES string of the molecule is CC(C)c1c(C(=O)N2CCCN(Cc3ccc(F)cc3)CC2)cnn1-c1ccc(C(F)(F)F)cn1. The van der Waals surface area contributed by atoms with Crippen molar-refractivity contribution in [2.24, 2.45) is 0 Å². The maximum absolute atomic E-state index is 13.5. The number of alkyl halides is 3. The smallest absolute Gasteiger partial charge is 0.337 e. The van der Waals surface area contributed by atoms with Crippen LogP contribution >= 0.6 is 0 Å². The van der Waals surface area contributed by atoms with Crippen LogP contribution in [-0.2, 0) is 12.7 Å². The van der Waals surface area contributed by atoms with E-state index < -0.39 is 11.7 Å². The molecule has 10 heteroatoms. The van der Waals surface area contributed by atoms with E-state index in [0.717, 1.165) is 30.8 Å². The maximum atomic E-state index is 13.5. The minimum absolute atomic E-state index is 0.109. The van der Waals surface area contributed by atoms with Gasteiger partial charge in [-0.25, -0.2) is 14.1 Å². The molecule has 186 valence electrons. The van der Waals surface area contributed by atoms with Gasteiger partial charge in [0.05, 0.1) is 23.0 Å². The standard InChI is InChI=1S/C25H27F4N5O/c1-17(2)23-21(15-31-34(23)22-9-6-19(14-30-22)25(27,28)29)24(35)33-11-3-10-32(12-13-33)16-18-4-7-20(26)8-5-18/h4-9,14-15,17H,3,10-13,16H2,1-2H3. The van der Waals surface area contributed by atoms with Gasteiger partial charge in [-0.1, -0.05) is 26.0 Å². The molecule has 1 saturated heterocycles. The summed E-state index contributed by atoms with van der Waals surface area (Å²) < 4.78 is 53.4. The fourth-order valence-electron chi connectivity index (χ4n) is 4.29. The Morgan fingerprint density at radius 3 is 2.37 bits per heavy atom. The highest BCUT2D eigenvalue weighted by atomic mass is 19.4. The van der Waals surface area contributed by atoms with Crippen molar-refractivity contribution in [3.8, 4) is 5.82 Å². The van der Waals surface area contributed by atoms with Crippen molar-refractivity contribution >= 4 is 5.91 Å². The number of pyridine rings is 1. The lowest BCUT2D eigenvalue weighted by molar-refractivity contribution is -0.137. The molecule has 1 fully saturated rings. The fraction of sp³-hybridized carbons (Fsp3) is 0.400. The van der Waals surface area contributed by atoms with Gasteiger partial charge in [0.25, 0.3) is 5.91 Å². The molecule has 0 bridgehead atoms. The van der Waals surface area contributed by atoms with Crippen LogP contribution in [-0.4, -0.2) is 56.7 Å². The summed E-state index contributed by atoms with van der Waals surface area (Å²) in [7, 11) is 0. The van der Waals surface area contributed by atoms with E-state index in [2.05, 4.69) is 15.0 Å². The molecule has 0 radical (unpaired) electrons. The van der Waals surface area contributed by atoms with Gasteiger partial charge in [-0.15, -0.1) is 0 Å². The van der Waals surface area contributed by atoms with Crippen molar-refractivity contribution in [1.29, 1.82) is 0 Å². The van der Waals surface area contributed by atoms with Crippen molar-refractivity contribution in [3.63, 3.8) is 0 Å². The van der Waals surface area contributed by atoms with Crippen LogP contribution < -0.4 is 0 Å². The summed E-state index contributed by atoms with van der Waals surface area (Å²) in [5.74, 6) is -0.311. The molecule has 1 aliphatic rings. The molecule has 3 aromatic rings. The third-order valence-electron chi connectivity index (χ3n) is 6.07. The fourth-order valence-corrected chi connectivity index (χ4v) is 4.29. The number of carbonyl (C=O) groups excluding carboxylic acids is 1. The van der Waals surface area contributed by atoms with Gasteiger partial charge < -0.3 is 4.90 Å². The lowest BCUT2D eigenvalue weighted by Crippen LogP contribution is -2.35. The Morgan fingerprint density at radius 2 is 1.74 bits per heavy atom. The van der Waals surface area contributed by atoms with Crippen LogP contribution in [0.3, 0.4) is 0 Å². The number of hydrogen-bond donors (Lipinski definition) is 0. The monoisotopic (exact) mass is 489 g/mol. The lowest BCUT2D eigenvalue weighted by Gasteiger charge is -2.22. The van der Waals surface area contributed by atoms with E-state index in [-0.39, 0.29) is 23.5 Å². The first-order valence-corrected chi connectivity index (χ1v) is 11.5. The number of carbonyl (C=O) groups is 1. The molecule has 0 atom stereocenters. The van der Waals surface area contributed by atoms with E-state index in [1.807, 2.05) is 13.8 Å². The highest BCUT2D eigenvalue weighted by Gasteiger charge is 2.31. The zero-order valence-corrected chi connectivity index (χ0v) is 19.6. The van der Waals surface area contributed by atoms with Gasteiger partial charge in [0.2, 0.25) is 0 Å². The number of benzene rings is 1. The highest BCUT2D eigenvalue weighted by molar-refractivity contribution is 5.95. The third kappa shape index (κ3) is 5.70. The van der Waals surface area contributed by atoms with E-state index in [1.165, 1.54) is 29.1 Å². The predicted octanol–water partition coefficient (Wildman–Crippen LogP) is 4.90. The highest BCUT2D eigenvalue weighted by Crippen LogP contribution is 2.30. The minimum Gasteiger partial charge on any atom is -0.337 e. The van der Waals surface area contributed by atoms with Crippen LogP contribution in [0, 0.1) is 5.82 Å². The lowest BCUT2D eigenvalue weighted by atomic mass is 10.0. The number of amides is 1. The van der Waals surface area contributed by atoms with Gasteiger partial charge in [0, 0.05) is 38.9 Å². The topological polar surface area (TPSA) is 54.3 Å². The van der Waals surface area contributed by atoms with Crippen molar-refractivity contribution in [1.82, 2.24) is 24.6 Å². The molecular formula is C25H27F4N5O. The molecule has 0 saturated carbocycles. The van der Waals surface area contributed by atoms with Gasteiger partial charge in [-0.3, -0.25) is 9.69 Å². The Balaban J connectivity index is 1.50. The largest absolute Gasteiger partial charge is 0.417 e. The van der Waals surface area contributed by atoms with Crippen LogP contribution in [0.1, 0.15) is 53.4 Å². The number of aromatic nitrogens is 3. The second-order valence-corrected chi connectivity index (χ2v) is 8.96. The molecule has 0 aliphatic carbocycles. The normalized spacial score (nSPS) is 15.5. The first-order chi connectivity index (χ1) is 16.6. The molecule has 1 amide bonds. The Labute approximate surface area is 201 Å². The van der Waals surface area contributed by atoms with E-state index in [4.69, 9.17) is 0 Å². The van der Waals surface area contributed by atoms with Crippen molar-refractivity contribution in [3.05, 3.63) is 77.0 Å². The summed E-state index contributed by atoms with van der Waals surface area (Å²) in [6.07, 6.45) is -1.45. The number of hydrogen-bond acceptors (Lipinski definition) is 4. The average Bonchev–Trinajstić information content (AvgIpc) is 3.14. The average molecular weight is 490 g/mol. The molecule has 35 heavy (non-hydrogen) atoms. The molecule has 3 heterocycles. The number of nitrogens with zero attached hydrogens (tertiary/aromatic N) is 5. The summed E-state index contributed by atoms with van der Waals surface area (Å²) in [4.78, 5) is 21.4. The van der Waals surface area contributed by atoms with Gasteiger partial charge in [-0.05, 0) is 42.2 Å².